The molecule has 2 aliphatic rings. The van der Waals surface area contributed by atoms with Gasteiger partial charge in [-0.05, 0) is 69.2 Å². The van der Waals surface area contributed by atoms with E-state index >= 15 is 0 Å². The van der Waals surface area contributed by atoms with Crippen LogP contribution in [-0.4, -0.2) is 59.2 Å². The molecule has 2 saturated heterocycles. The van der Waals surface area contributed by atoms with Crippen LogP contribution in [0.3, 0.4) is 0 Å². The minimum Gasteiger partial charge on any atom is -0.447 e. The summed E-state index contributed by atoms with van der Waals surface area (Å²) in [5.41, 5.74) is 1.44. The van der Waals surface area contributed by atoms with Crippen LogP contribution < -0.4 is 0 Å². The van der Waals surface area contributed by atoms with Crippen molar-refractivity contribution in [2.75, 3.05) is 19.7 Å². The molecule has 2 aliphatic heterocycles. The third kappa shape index (κ3) is 6.46. The average Bonchev–Trinajstić information content (AvgIpc) is 3.44. The number of nitrogens with zero attached hydrogens (tertiary/aromatic N) is 2. The van der Waals surface area contributed by atoms with E-state index in [2.05, 4.69) is 15.9 Å². The van der Waals surface area contributed by atoms with Crippen molar-refractivity contribution in [2.24, 2.45) is 11.8 Å². The van der Waals surface area contributed by atoms with E-state index in [4.69, 9.17) is 9.47 Å². The van der Waals surface area contributed by atoms with Gasteiger partial charge in [-0.3, -0.25) is 4.79 Å². The monoisotopic (exact) mass is 556 g/mol. The predicted molar refractivity (Wildman–Crippen MR) is 139 cm³/mol. The predicted octanol–water partition coefficient (Wildman–Crippen LogP) is 5.45. The Kier molecular flexibility index (Phi) is 8.03. The van der Waals surface area contributed by atoms with E-state index < -0.39 is 17.6 Å². The molecule has 8 heteroatoms. The van der Waals surface area contributed by atoms with E-state index in [0.29, 0.717) is 32.4 Å². The molecule has 0 N–H and O–H groups in total. The van der Waals surface area contributed by atoms with E-state index in [0.717, 1.165) is 15.6 Å². The summed E-state index contributed by atoms with van der Waals surface area (Å²) in [5, 5.41) is 0. The maximum absolute atomic E-state index is 14.0. The average molecular weight is 557 g/mol. The van der Waals surface area contributed by atoms with Crippen LogP contribution in [0.25, 0.3) is 0 Å². The summed E-state index contributed by atoms with van der Waals surface area (Å²) in [6.45, 7) is 6.61. The highest BCUT2D eigenvalue weighted by molar-refractivity contribution is 9.10. The molecule has 7 nitrogen and oxygen atoms in total. The van der Waals surface area contributed by atoms with Crippen LogP contribution in [0.5, 0.6) is 0 Å². The van der Waals surface area contributed by atoms with Crippen LogP contribution in [0, 0.1) is 11.8 Å². The molecule has 0 aromatic heterocycles. The summed E-state index contributed by atoms with van der Waals surface area (Å²) >= 11 is 3.51. The molecule has 3 amide bonds. The van der Waals surface area contributed by atoms with E-state index in [1.54, 1.807) is 4.90 Å². The quantitative estimate of drug-likeness (QED) is 0.472. The normalized spacial score (nSPS) is 20.8. The molecule has 4 rings (SSSR count). The molecule has 0 aliphatic carbocycles. The first kappa shape index (κ1) is 26.2. The standard InChI is InChI=1S/C28H33BrN2O5/c1-28(2,3)36-26(33)30-13-12-21(17-30)24(16-20-10-7-11-22(29)14-20)25(32)31-23(18-35-27(31)34)15-19-8-5-4-6-9-19/h4-11,14,21,23-24H,12-13,15-18H2,1-3H3/t21-,23-,24?/m0/s1. The zero-order valence-electron chi connectivity index (χ0n) is 21.0. The molecule has 0 radical (unpaired) electrons. The molecule has 0 saturated carbocycles. The number of rotatable bonds is 6. The van der Waals surface area contributed by atoms with Crippen LogP contribution in [-0.2, 0) is 27.1 Å². The Morgan fingerprint density at radius 1 is 1.11 bits per heavy atom. The second-order valence-electron chi connectivity index (χ2n) is 10.5. The number of benzene rings is 2. The number of carbonyl (C=O) groups excluding carboxylic acids is 3. The van der Waals surface area contributed by atoms with E-state index in [9.17, 15) is 14.4 Å². The molecule has 1 unspecified atom stereocenters. The van der Waals surface area contributed by atoms with E-state index in [-0.39, 0.29) is 30.6 Å². The number of cyclic esters (lactones) is 1. The van der Waals surface area contributed by atoms with Crippen LogP contribution in [0.2, 0.25) is 0 Å². The van der Waals surface area contributed by atoms with Gasteiger partial charge in [-0.1, -0.05) is 58.4 Å². The van der Waals surface area contributed by atoms with Crippen LogP contribution >= 0.6 is 15.9 Å². The highest BCUT2D eigenvalue weighted by Crippen LogP contribution is 2.32. The lowest BCUT2D eigenvalue weighted by Gasteiger charge is -2.29. The number of carbonyl (C=O) groups is 3. The largest absolute Gasteiger partial charge is 0.447 e. The summed E-state index contributed by atoms with van der Waals surface area (Å²) in [5.74, 6) is -0.820. The fourth-order valence-corrected chi connectivity index (χ4v) is 5.37. The van der Waals surface area contributed by atoms with Gasteiger partial charge in [-0.2, -0.15) is 0 Å². The first-order chi connectivity index (χ1) is 17.1. The Morgan fingerprint density at radius 2 is 1.83 bits per heavy atom. The minimum atomic E-state index is -0.595. The first-order valence-corrected chi connectivity index (χ1v) is 13.2. The SMILES string of the molecule is CC(C)(C)OC(=O)N1CC[C@H](C(Cc2cccc(Br)c2)C(=O)N2C(=O)OC[C@@H]2Cc2ccccc2)C1. The second kappa shape index (κ2) is 11.0. The smallest absolute Gasteiger partial charge is 0.416 e. The summed E-state index contributed by atoms with van der Waals surface area (Å²) < 4.78 is 11.8. The number of amides is 3. The van der Waals surface area contributed by atoms with Crippen molar-refractivity contribution in [1.29, 1.82) is 0 Å². The number of ether oxygens (including phenoxy) is 2. The fraction of sp³-hybridized carbons (Fsp3) is 0.464. The molecular weight excluding hydrogens is 524 g/mol. The van der Waals surface area contributed by atoms with Gasteiger partial charge < -0.3 is 14.4 Å². The van der Waals surface area contributed by atoms with Crippen LogP contribution in [0.15, 0.2) is 59.1 Å². The first-order valence-electron chi connectivity index (χ1n) is 12.4. The Hall–Kier alpha value is -2.87. The molecule has 2 fully saturated rings. The van der Waals surface area contributed by atoms with Crippen molar-refractivity contribution in [1.82, 2.24) is 9.80 Å². The molecule has 0 spiro atoms. The molecule has 3 atom stereocenters. The van der Waals surface area contributed by atoms with Gasteiger partial charge in [-0.15, -0.1) is 0 Å². The van der Waals surface area contributed by atoms with Crippen LogP contribution in [0.1, 0.15) is 38.3 Å². The molecule has 2 heterocycles. The Labute approximate surface area is 220 Å². The van der Waals surface area contributed by atoms with Gasteiger partial charge in [0.25, 0.3) is 0 Å². The van der Waals surface area contributed by atoms with Gasteiger partial charge >= 0.3 is 12.2 Å². The molecular formula is C28H33BrN2O5. The van der Waals surface area contributed by atoms with Crippen molar-refractivity contribution in [3.8, 4) is 0 Å². The second-order valence-corrected chi connectivity index (χ2v) is 11.5. The van der Waals surface area contributed by atoms with Gasteiger partial charge in [0.1, 0.15) is 12.2 Å². The third-order valence-electron chi connectivity index (χ3n) is 6.62. The zero-order valence-corrected chi connectivity index (χ0v) is 22.6. The molecule has 2 aromatic rings. The van der Waals surface area contributed by atoms with Crippen molar-refractivity contribution < 1.29 is 23.9 Å². The summed E-state index contributed by atoms with van der Waals surface area (Å²) in [7, 11) is 0. The Morgan fingerprint density at radius 3 is 2.53 bits per heavy atom. The van der Waals surface area contributed by atoms with Gasteiger partial charge in [0.2, 0.25) is 5.91 Å². The van der Waals surface area contributed by atoms with E-state index in [1.165, 1.54) is 4.90 Å². The maximum Gasteiger partial charge on any atom is 0.416 e. The zero-order chi connectivity index (χ0) is 25.9. The molecule has 192 valence electrons. The molecule has 0 bridgehead atoms. The number of imide groups is 1. The lowest BCUT2D eigenvalue weighted by molar-refractivity contribution is -0.135. The van der Waals surface area contributed by atoms with Crippen molar-refractivity contribution in [2.45, 2.75) is 51.7 Å². The molecule has 36 heavy (non-hydrogen) atoms. The third-order valence-corrected chi connectivity index (χ3v) is 7.11. The van der Waals surface area contributed by atoms with Crippen LogP contribution in [0.4, 0.5) is 9.59 Å². The van der Waals surface area contributed by atoms with Gasteiger partial charge in [0.05, 0.1) is 6.04 Å². The van der Waals surface area contributed by atoms with Gasteiger partial charge in [0, 0.05) is 23.5 Å². The number of halogens is 1. The lowest BCUT2D eigenvalue weighted by Crippen LogP contribution is -2.46. The Balaban J connectivity index is 1.56. The Bertz CT molecular complexity index is 1100. The minimum absolute atomic E-state index is 0.102. The van der Waals surface area contributed by atoms with Crippen molar-refractivity contribution in [3.63, 3.8) is 0 Å². The summed E-state index contributed by atoms with van der Waals surface area (Å²) in [6.07, 6.45) is 0.697. The van der Waals surface area contributed by atoms with Gasteiger partial charge in [0.15, 0.2) is 0 Å². The number of hydrogen-bond donors (Lipinski definition) is 0. The highest BCUT2D eigenvalue weighted by Gasteiger charge is 2.45. The highest BCUT2D eigenvalue weighted by atomic mass is 79.9. The number of likely N-dealkylation sites (tertiary alicyclic amines) is 1. The van der Waals surface area contributed by atoms with Crippen molar-refractivity contribution >= 4 is 34.0 Å². The molecule has 2 aromatic carbocycles. The fourth-order valence-electron chi connectivity index (χ4n) is 4.93. The number of hydrogen-bond acceptors (Lipinski definition) is 5. The van der Waals surface area contributed by atoms with Crippen molar-refractivity contribution in [3.05, 3.63) is 70.2 Å². The van der Waals surface area contributed by atoms with E-state index in [1.807, 2.05) is 75.4 Å². The topological polar surface area (TPSA) is 76.2 Å². The van der Waals surface area contributed by atoms with Gasteiger partial charge in [-0.25, -0.2) is 14.5 Å². The maximum atomic E-state index is 14.0. The lowest BCUT2D eigenvalue weighted by atomic mass is 9.84. The summed E-state index contributed by atoms with van der Waals surface area (Å²) in [4.78, 5) is 42.5. The summed E-state index contributed by atoms with van der Waals surface area (Å²) in [6, 6.07) is 17.3.